The fraction of sp³-hybridized carbons (Fsp3) is 0.579. The number of hydrogen-bond donors (Lipinski definition) is 1. The molecule has 1 saturated heterocycles. The average molecular weight is 382 g/mol. The van der Waals surface area contributed by atoms with E-state index in [0.29, 0.717) is 30.5 Å². The van der Waals surface area contributed by atoms with Gasteiger partial charge in [-0.05, 0) is 18.1 Å². The fourth-order valence-electron chi connectivity index (χ4n) is 2.97. The summed E-state index contributed by atoms with van der Waals surface area (Å²) in [4.78, 5) is 28.1. The minimum atomic E-state index is -0.456. The van der Waals surface area contributed by atoms with Crippen LogP contribution in [0.1, 0.15) is 20.8 Å². The van der Waals surface area contributed by atoms with Gasteiger partial charge < -0.3 is 15.0 Å². The highest BCUT2D eigenvalue weighted by atomic mass is 35.5. The highest BCUT2D eigenvalue weighted by molar-refractivity contribution is 6.32. The number of rotatable bonds is 7. The standard InChI is InChI=1S/C19H28ClN3O3/c1-14(2)18(21-15(3)24)19(25)23-10-8-22(9-11-23)12-13-26-17-7-5-4-6-16(17)20/h4-7,14,18H,8-13H2,1-3H3,(H,21,24). The Hall–Kier alpha value is -1.79. The second-order valence-corrected chi connectivity index (χ2v) is 7.28. The minimum Gasteiger partial charge on any atom is -0.491 e. The van der Waals surface area contributed by atoms with Crippen molar-refractivity contribution in [1.29, 1.82) is 0 Å². The number of carbonyl (C=O) groups excluding carboxylic acids is 2. The molecule has 0 spiro atoms. The van der Waals surface area contributed by atoms with Crippen LogP contribution in [-0.4, -0.2) is 67.0 Å². The molecule has 26 heavy (non-hydrogen) atoms. The van der Waals surface area contributed by atoms with Crippen LogP contribution in [0.25, 0.3) is 0 Å². The Kier molecular flexibility index (Phi) is 7.72. The Morgan fingerprint density at radius 3 is 2.42 bits per heavy atom. The molecule has 0 radical (unpaired) electrons. The molecule has 0 aromatic heterocycles. The smallest absolute Gasteiger partial charge is 0.245 e. The number of carbonyl (C=O) groups is 2. The van der Waals surface area contributed by atoms with Crippen LogP contribution < -0.4 is 10.1 Å². The van der Waals surface area contributed by atoms with Crippen molar-refractivity contribution in [2.24, 2.45) is 5.92 Å². The molecule has 1 aromatic carbocycles. The van der Waals surface area contributed by atoms with Crippen LogP contribution in [-0.2, 0) is 9.59 Å². The molecule has 1 atom stereocenters. The van der Waals surface area contributed by atoms with Gasteiger partial charge in [-0.15, -0.1) is 0 Å². The number of ether oxygens (including phenoxy) is 1. The lowest BCUT2D eigenvalue weighted by Crippen LogP contribution is -2.56. The quantitative estimate of drug-likeness (QED) is 0.785. The summed E-state index contributed by atoms with van der Waals surface area (Å²) in [6.45, 7) is 9.58. The molecule has 0 saturated carbocycles. The number of benzene rings is 1. The summed E-state index contributed by atoms with van der Waals surface area (Å²) in [5, 5.41) is 3.38. The van der Waals surface area contributed by atoms with E-state index >= 15 is 0 Å². The maximum Gasteiger partial charge on any atom is 0.245 e. The number of piperazine rings is 1. The van der Waals surface area contributed by atoms with Gasteiger partial charge in [0.2, 0.25) is 11.8 Å². The van der Waals surface area contributed by atoms with Crippen molar-refractivity contribution in [3.63, 3.8) is 0 Å². The Labute approximate surface area is 160 Å². The zero-order valence-corrected chi connectivity index (χ0v) is 16.5. The Bertz CT molecular complexity index is 616. The summed E-state index contributed by atoms with van der Waals surface area (Å²) in [7, 11) is 0. The first kappa shape index (κ1) is 20.5. The third-order valence-corrected chi connectivity index (χ3v) is 4.79. The van der Waals surface area contributed by atoms with E-state index in [4.69, 9.17) is 16.3 Å². The first-order valence-corrected chi connectivity index (χ1v) is 9.42. The predicted octanol–water partition coefficient (Wildman–Crippen LogP) is 2.02. The van der Waals surface area contributed by atoms with Crippen LogP contribution in [0, 0.1) is 5.92 Å². The van der Waals surface area contributed by atoms with Gasteiger partial charge in [-0.3, -0.25) is 14.5 Å². The topological polar surface area (TPSA) is 61.9 Å². The van der Waals surface area contributed by atoms with E-state index in [1.807, 2.05) is 43.0 Å². The third kappa shape index (κ3) is 5.88. The molecular formula is C19H28ClN3O3. The van der Waals surface area contributed by atoms with Crippen LogP contribution in [0.4, 0.5) is 0 Å². The maximum absolute atomic E-state index is 12.7. The van der Waals surface area contributed by atoms with Gasteiger partial charge in [-0.1, -0.05) is 37.6 Å². The van der Waals surface area contributed by atoms with Crippen molar-refractivity contribution >= 4 is 23.4 Å². The molecule has 7 heteroatoms. The molecule has 1 N–H and O–H groups in total. The van der Waals surface area contributed by atoms with E-state index in [-0.39, 0.29) is 17.7 Å². The third-order valence-electron chi connectivity index (χ3n) is 4.48. The lowest BCUT2D eigenvalue weighted by molar-refractivity contribution is -0.138. The zero-order chi connectivity index (χ0) is 19.1. The van der Waals surface area contributed by atoms with Crippen molar-refractivity contribution in [2.75, 3.05) is 39.3 Å². The number of nitrogens with zero attached hydrogens (tertiary/aromatic N) is 2. The number of nitrogens with one attached hydrogen (secondary N) is 1. The molecule has 6 nitrogen and oxygen atoms in total. The molecule has 1 heterocycles. The van der Waals surface area contributed by atoms with Crippen molar-refractivity contribution in [3.05, 3.63) is 29.3 Å². The fourth-order valence-corrected chi connectivity index (χ4v) is 3.16. The molecular weight excluding hydrogens is 354 g/mol. The lowest BCUT2D eigenvalue weighted by atomic mass is 10.0. The summed E-state index contributed by atoms with van der Waals surface area (Å²) in [5.74, 6) is 0.584. The van der Waals surface area contributed by atoms with Crippen molar-refractivity contribution in [1.82, 2.24) is 15.1 Å². The lowest BCUT2D eigenvalue weighted by Gasteiger charge is -2.37. The van der Waals surface area contributed by atoms with Gasteiger partial charge >= 0.3 is 0 Å². The first-order valence-electron chi connectivity index (χ1n) is 9.04. The predicted molar refractivity (Wildman–Crippen MR) is 102 cm³/mol. The molecule has 1 unspecified atom stereocenters. The summed E-state index contributed by atoms with van der Waals surface area (Å²) in [6.07, 6.45) is 0. The Morgan fingerprint density at radius 2 is 1.85 bits per heavy atom. The van der Waals surface area contributed by atoms with Crippen LogP contribution >= 0.6 is 11.6 Å². The first-order chi connectivity index (χ1) is 12.4. The minimum absolute atomic E-state index is 0.00201. The second kappa shape index (κ2) is 9.78. The van der Waals surface area contributed by atoms with E-state index in [1.165, 1.54) is 6.92 Å². The summed E-state index contributed by atoms with van der Waals surface area (Å²) < 4.78 is 5.73. The van der Waals surface area contributed by atoms with Crippen LogP contribution in [0.5, 0.6) is 5.75 Å². The molecule has 144 valence electrons. The van der Waals surface area contributed by atoms with Gasteiger partial charge in [0, 0.05) is 39.6 Å². The van der Waals surface area contributed by atoms with E-state index in [1.54, 1.807) is 0 Å². The van der Waals surface area contributed by atoms with Crippen LogP contribution in [0.2, 0.25) is 5.02 Å². The number of hydrogen-bond acceptors (Lipinski definition) is 4. The van der Waals surface area contributed by atoms with E-state index in [2.05, 4.69) is 10.2 Å². The summed E-state index contributed by atoms with van der Waals surface area (Å²) in [5.41, 5.74) is 0. The largest absolute Gasteiger partial charge is 0.491 e. The molecule has 1 aliphatic rings. The Morgan fingerprint density at radius 1 is 1.19 bits per heavy atom. The maximum atomic E-state index is 12.7. The molecule has 1 aromatic rings. The van der Waals surface area contributed by atoms with Crippen LogP contribution in [0.3, 0.4) is 0 Å². The van der Waals surface area contributed by atoms with E-state index in [0.717, 1.165) is 19.6 Å². The zero-order valence-electron chi connectivity index (χ0n) is 15.7. The summed E-state index contributed by atoms with van der Waals surface area (Å²) >= 11 is 6.08. The highest BCUT2D eigenvalue weighted by Crippen LogP contribution is 2.22. The van der Waals surface area contributed by atoms with Gasteiger partial charge in [0.1, 0.15) is 18.4 Å². The van der Waals surface area contributed by atoms with Gasteiger partial charge in [0.25, 0.3) is 0 Å². The van der Waals surface area contributed by atoms with Gasteiger partial charge in [-0.25, -0.2) is 0 Å². The Balaban J connectivity index is 1.76. The molecule has 0 bridgehead atoms. The SMILES string of the molecule is CC(=O)NC(C(=O)N1CCN(CCOc2ccccc2Cl)CC1)C(C)C. The van der Waals surface area contributed by atoms with Crippen molar-refractivity contribution in [3.8, 4) is 5.75 Å². The van der Waals surface area contributed by atoms with Gasteiger partial charge in [0.15, 0.2) is 0 Å². The van der Waals surface area contributed by atoms with Gasteiger partial charge in [-0.2, -0.15) is 0 Å². The van der Waals surface area contributed by atoms with Crippen molar-refractivity contribution < 1.29 is 14.3 Å². The highest BCUT2D eigenvalue weighted by Gasteiger charge is 2.29. The molecule has 0 aliphatic carbocycles. The number of para-hydroxylation sites is 1. The molecule has 2 rings (SSSR count). The number of amides is 2. The average Bonchev–Trinajstić information content (AvgIpc) is 2.61. The number of halogens is 1. The second-order valence-electron chi connectivity index (χ2n) is 6.87. The molecule has 1 aliphatic heterocycles. The monoisotopic (exact) mass is 381 g/mol. The normalized spacial score (nSPS) is 16.4. The summed E-state index contributed by atoms with van der Waals surface area (Å²) in [6, 6.07) is 6.97. The van der Waals surface area contributed by atoms with Crippen LogP contribution in [0.15, 0.2) is 24.3 Å². The van der Waals surface area contributed by atoms with Crippen molar-refractivity contribution in [2.45, 2.75) is 26.8 Å². The molecule has 1 fully saturated rings. The van der Waals surface area contributed by atoms with E-state index < -0.39 is 6.04 Å². The molecule has 2 amide bonds. The van der Waals surface area contributed by atoms with E-state index in [9.17, 15) is 9.59 Å². The van der Waals surface area contributed by atoms with Gasteiger partial charge in [0.05, 0.1) is 5.02 Å².